The molecule has 0 fully saturated rings. The average molecular weight is 258 g/mol. The van der Waals surface area contributed by atoms with Crippen LogP contribution in [0.1, 0.15) is 59.3 Å². The maximum Gasteiger partial charge on any atom is 0.0589 e. The Morgan fingerprint density at radius 2 is 1.72 bits per heavy atom. The van der Waals surface area contributed by atoms with E-state index in [0.717, 1.165) is 19.7 Å². The van der Waals surface area contributed by atoms with Crippen LogP contribution in [0, 0.1) is 0 Å². The molecule has 0 aliphatic carbocycles. The molecule has 3 nitrogen and oxygen atoms in total. The molecule has 0 saturated heterocycles. The van der Waals surface area contributed by atoms with Crippen LogP contribution in [0.5, 0.6) is 0 Å². The summed E-state index contributed by atoms with van der Waals surface area (Å²) in [5, 5.41) is 0. The Labute approximate surface area is 114 Å². The molecule has 0 aliphatic heterocycles. The van der Waals surface area contributed by atoms with Gasteiger partial charge in [0, 0.05) is 32.3 Å². The summed E-state index contributed by atoms with van der Waals surface area (Å²) in [5.41, 5.74) is 5.99. The number of hydrogen-bond donors (Lipinski definition) is 1. The number of rotatable bonds is 12. The van der Waals surface area contributed by atoms with Crippen LogP contribution in [0.4, 0.5) is 0 Å². The molecule has 0 rings (SSSR count). The molecule has 0 radical (unpaired) electrons. The fraction of sp³-hybridized carbons (Fsp3) is 1.00. The van der Waals surface area contributed by atoms with Crippen LogP contribution in [0.2, 0.25) is 0 Å². The maximum absolute atomic E-state index is 5.99. The molecular weight excluding hydrogens is 224 g/mol. The third-order valence-electron chi connectivity index (χ3n) is 3.85. The largest absolute Gasteiger partial charge is 0.383 e. The van der Waals surface area contributed by atoms with Crippen LogP contribution in [0.25, 0.3) is 0 Å². The molecule has 0 saturated carbocycles. The van der Waals surface area contributed by atoms with E-state index in [1.54, 1.807) is 7.11 Å². The van der Waals surface area contributed by atoms with Crippen LogP contribution in [-0.2, 0) is 4.74 Å². The minimum atomic E-state index is 0.525. The molecule has 110 valence electrons. The van der Waals surface area contributed by atoms with E-state index in [0.29, 0.717) is 12.1 Å². The molecule has 0 spiro atoms. The van der Waals surface area contributed by atoms with E-state index in [1.807, 2.05) is 0 Å². The van der Waals surface area contributed by atoms with Crippen molar-refractivity contribution in [2.75, 3.05) is 26.8 Å². The summed E-state index contributed by atoms with van der Waals surface area (Å²) >= 11 is 0. The van der Waals surface area contributed by atoms with Gasteiger partial charge in [-0.2, -0.15) is 0 Å². The first kappa shape index (κ1) is 17.9. The number of methoxy groups -OCH3 is 1. The Morgan fingerprint density at radius 3 is 2.17 bits per heavy atom. The minimum Gasteiger partial charge on any atom is -0.383 e. The summed E-state index contributed by atoms with van der Waals surface area (Å²) in [4.78, 5) is 2.58. The molecule has 1 unspecified atom stereocenters. The van der Waals surface area contributed by atoms with Gasteiger partial charge in [-0.05, 0) is 19.3 Å². The van der Waals surface area contributed by atoms with Gasteiger partial charge in [-0.3, -0.25) is 4.90 Å². The van der Waals surface area contributed by atoms with E-state index in [9.17, 15) is 0 Å². The minimum absolute atomic E-state index is 0.525. The van der Waals surface area contributed by atoms with Gasteiger partial charge < -0.3 is 10.5 Å². The Bertz CT molecular complexity index is 172. The Balaban J connectivity index is 4.44. The standard InChI is InChI=1S/C15H34N2O/c1-5-8-9-10-15(13-16)17(11-12-18-4)14(6-2)7-3/h14-15H,5-13,16H2,1-4H3. The van der Waals surface area contributed by atoms with E-state index in [1.165, 1.54) is 38.5 Å². The second kappa shape index (κ2) is 11.9. The lowest BCUT2D eigenvalue weighted by Gasteiger charge is -2.37. The molecular formula is C15H34N2O. The van der Waals surface area contributed by atoms with E-state index >= 15 is 0 Å². The van der Waals surface area contributed by atoms with Crippen LogP contribution < -0.4 is 5.73 Å². The van der Waals surface area contributed by atoms with Crippen LogP contribution >= 0.6 is 0 Å². The van der Waals surface area contributed by atoms with E-state index in [4.69, 9.17) is 10.5 Å². The number of nitrogens with two attached hydrogens (primary N) is 1. The zero-order chi connectivity index (χ0) is 13.8. The van der Waals surface area contributed by atoms with Crippen molar-refractivity contribution in [3.05, 3.63) is 0 Å². The zero-order valence-electron chi connectivity index (χ0n) is 13.0. The molecule has 1 atom stereocenters. The highest BCUT2D eigenvalue weighted by molar-refractivity contribution is 4.79. The zero-order valence-corrected chi connectivity index (χ0v) is 13.0. The molecule has 0 bridgehead atoms. The first-order valence-electron chi connectivity index (χ1n) is 7.69. The second-order valence-electron chi connectivity index (χ2n) is 5.09. The first-order chi connectivity index (χ1) is 8.74. The highest BCUT2D eigenvalue weighted by Crippen LogP contribution is 2.16. The Morgan fingerprint density at radius 1 is 1.06 bits per heavy atom. The number of ether oxygens (including phenoxy) is 1. The normalized spacial score (nSPS) is 13.5. The second-order valence-corrected chi connectivity index (χ2v) is 5.09. The summed E-state index contributed by atoms with van der Waals surface area (Å²) in [6.07, 6.45) is 7.51. The van der Waals surface area contributed by atoms with Gasteiger partial charge in [-0.15, -0.1) is 0 Å². The Kier molecular flexibility index (Phi) is 11.9. The van der Waals surface area contributed by atoms with Gasteiger partial charge in [0.05, 0.1) is 6.61 Å². The van der Waals surface area contributed by atoms with Crippen molar-refractivity contribution in [3.63, 3.8) is 0 Å². The predicted molar refractivity (Wildman–Crippen MR) is 79.9 cm³/mol. The molecule has 18 heavy (non-hydrogen) atoms. The lowest BCUT2D eigenvalue weighted by molar-refractivity contribution is 0.0774. The third kappa shape index (κ3) is 6.72. The molecule has 0 aliphatic rings. The lowest BCUT2D eigenvalue weighted by Crippen LogP contribution is -2.48. The molecule has 3 heteroatoms. The van der Waals surface area contributed by atoms with E-state index in [-0.39, 0.29) is 0 Å². The van der Waals surface area contributed by atoms with Crippen molar-refractivity contribution in [1.29, 1.82) is 0 Å². The fourth-order valence-corrected chi connectivity index (χ4v) is 2.67. The van der Waals surface area contributed by atoms with Crippen LogP contribution in [0.3, 0.4) is 0 Å². The first-order valence-corrected chi connectivity index (χ1v) is 7.69. The number of unbranched alkanes of at least 4 members (excludes halogenated alkanes) is 2. The van der Waals surface area contributed by atoms with Crippen molar-refractivity contribution in [2.45, 2.75) is 71.4 Å². The number of nitrogens with zero attached hydrogens (tertiary/aromatic N) is 1. The van der Waals surface area contributed by atoms with Crippen molar-refractivity contribution in [1.82, 2.24) is 4.90 Å². The van der Waals surface area contributed by atoms with Crippen molar-refractivity contribution in [3.8, 4) is 0 Å². The van der Waals surface area contributed by atoms with Crippen molar-refractivity contribution >= 4 is 0 Å². The van der Waals surface area contributed by atoms with Gasteiger partial charge in [0.2, 0.25) is 0 Å². The lowest BCUT2D eigenvalue weighted by atomic mass is 10.0. The highest BCUT2D eigenvalue weighted by Gasteiger charge is 2.22. The highest BCUT2D eigenvalue weighted by atomic mass is 16.5. The summed E-state index contributed by atoms with van der Waals surface area (Å²) < 4.78 is 5.25. The summed E-state index contributed by atoms with van der Waals surface area (Å²) in [7, 11) is 1.78. The van der Waals surface area contributed by atoms with Crippen LogP contribution in [-0.4, -0.2) is 43.8 Å². The third-order valence-corrected chi connectivity index (χ3v) is 3.85. The quantitative estimate of drug-likeness (QED) is 0.547. The molecule has 0 aromatic heterocycles. The monoisotopic (exact) mass is 258 g/mol. The molecule has 0 aromatic rings. The molecule has 2 N–H and O–H groups in total. The Hall–Kier alpha value is -0.120. The van der Waals surface area contributed by atoms with Gasteiger partial charge in [-0.25, -0.2) is 0 Å². The van der Waals surface area contributed by atoms with Crippen LogP contribution in [0.15, 0.2) is 0 Å². The predicted octanol–water partition coefficient (Wildman–Crippen LogP) is 3.03. The topological polar surface area (TPSA) is 38.5 Å². The van der Waals surface area contributed by atoms with Gasteiger partial charge in [-0.1, -0.05) is 40.0 Å². The molecule has 0 heterocycles. The molecule has 0 amide bonds. The van der Waals surface area contributed by atoms with Crippen molar-refractivity contribution < 1.29 is 4.74 Å². The number of hydrogen-bond acceptors (Lipinski definition) is 3. The summed E-state index contributed by atoms with van der Waals surface area (Å²) in [6.45, 7) is 9.38. The summed E-state index contributed by atoms with van der Waals surface area (Å²) in [5.74, 6) is 0. The average Bonchev–Trinajstić information content (AvgIpc) is 2.40. The molecule has 0 aromatic carbocycles. The van der Waals surface area contributed by atoms with Gasteiger partial charge in [0.25, 0.3) is 0 Å². The smallest absolute Gasteiger partial charge is 0.0589 e. The van der Waals surface area contributed by atoms with Gasteiger partial charge >= 0.3 is 0 Å². The summed E-state index contributed by atoms with van der Waals surface area (Å²) in [6, 6.07) is 1.17. The fourth-order valence-electron chi connectivity index (χ4n) is 2.67. The van der Waals surface area contributed by atoms with Crippen molar-refractivity contribution in [2.24, 2.45) is 5.73 Å². The maximum atomic E-state index is 5.99. The van der Waals surface area contributed by atoms with E-state index < -0.39 is 0 Å². The van der Waals surface area contributed by atoms with Gasteiger partial charge in [0.15, 0.2) is 0 Å². The van der Waals surface area contributed by atoms with E-state index in [2.05, 4.69) is 25.7 Å². The van der Waals surface area contributed by atoms with Gasteiger partial charge in [0.1, 0.15) is 0 Å². The SMILES string of the molecule is CCCCCC(CN)N(CCOC)C(CC)CC.